The third-order valence-electron chi connectivity index (χ3n) is 4.59. The van der Waals surface area contributed by atoms with Crippen LogP contribution in [0.5, 0.6) is 0 Å². The van der Waals surface area contributed by atoms with E-state index in [1.165, 1.54) is 12.5 Å². The van der Waals surface area contributed by atoms with Crippen molar-refractivity contribution in [2.45, 2.75) is 19.3 Å². The standard InChI is InChI=1S/C19H17NO2/c21-18-12-17(20-8-4-1-5-9-20)19(22)16-11-14-7-3-2-6-13(14)10-15(16)18/h2-3,6-7,10-12H,1,4-5,8-9H2. The van der Waals surface area contributed by atoms with E-state index in [1.54, 1.807) is 0 Å². The summed E-state index contributed by atoms with van der Waals surface area (Å²) in [6.07, 6.45) is 4.91. The van der Waals surface area contributed by atoms with Crippen LogP contribution in [-0.4, -0.2) is 29.6 Å². The summed E-state index contributed by atoms with van der Waals surface area (Å²) in [5.41, 5.74) is 1.66. The molecule has 4 rings (SSSR count). The van der Waals surface area contributed by atoms with Crippen LogP contribution < -0.4 is 0 Å². The van der Waals surface area contributed by atoms with Crippen molar-refractivity contribution in [3.63, 3.8) is 0 Å². The number of hydrogen-bond acceptors (Lipinski definition) is 3. The third-order valence-corrected chi connectivity index (χ3v) is 4.59. The van der Waals surface area contributed by atoms with E-state index in [1.807, 2.05) is 36.4 Å². The van der Waals surface area contributed by atoms with E-state index in [9.17, 15) is 9.59 Å². The predicted octanol–water partition coefficient (Wildman–Crippen LogP) is 3.59. The molecular formula is C19H17NO2. The number of Topliss-reactive ketones (excluding diaryl/α,β-unsaturated/α-hetero) is 1. The molecule has 1 aliphatic heterocycles. The minimum atomic E-state index is -0.0547. The molecule has 2 aromatic rings. The van der Waals surface area contributed by atoms with Gasteiger partial charge in [0.1, 0.15) is 0 Å². The van der Waals surface area contributed by atoms with Crippen LogP contribution in [0.1, 0.15) is 40.0 Å². The number of allylic oxidation sites excluding steroid dienone is 2. The molecule has 0 unspecified atom stereocenters. The Hall–Kier alpha value is -2.42. The van der Waals surface area contributed by atoms with E-state index in [0.29, 0.717) is 16.8 Å². The summed E-state index contributed by atoms with van der Waals surface area (Å²) in [4.78, 5) is 27.4. The highest BCUT2D eigenvalue weighted by atomic mass is 16.1. The van der Waals surface area contributed by atoms with Crippen LogP contribution in [-0.2, 0) is 0 Å². The minimum Gasteiger partial charge on any atom is -0.368 e. The summed E-state index contributed by atoms with van der Waals surface area (Å²) in [6, 6.07) is 11.5. The number of ketones is 2. The summed E-state index contributed by atoms with van der Waals surface area (Å²) < 4.78 is 0. The van der Waals surface area contributed by atoms with Crippen LogP contribution in [0.4, 0.5) is 0 Å². The average Bonchev–Trinajstić information content (AvgIpc) is 2.57. The maximum absolute atomic E-state index is 12.8. The van der Waals surface area contributed by atoms with Gasteiger partial charge < -0.3 is 4.90 Å². The Bertz CT molecular complexity index is 813. The second-order valence-electron chi connectivity index (χ2n) is 6.02. The highest BCUT2D eigenvalue weighted by molar-refractivity contribution is 6.25. The van der Waals surface area contributed by atoms with Crippen molar-refractivity contribution in [2.75, 3.05) is 13.1 Å². The molecule has 3 nitrogen and oxygen atoms in total. The lowest BCUT2D eigenvalue weighted by Crippen LogP contribution is -2.35. The largest absolute Gasteiger partial charge is 0.368 e. The van der Waals surface area contributed by atoms with Crippen LogP contribution in [0.25, 0.3) is 10.8 Å². The first kappa shape index (κ1) is 13.3. The summed E-state index contributed by atoms with van der Waals surface area (Å²) in [6.45, 7) is 1.74. The molecule has 1 saturated heterocycles. The van der Waals surface area contributed by atoms with E-state index >= 15 is 0 Å². The fraction of sp³-hybridized carbons (Fsp3) is 0.263. The summed E-state index contributed by atoms with van der Waals surface area (Å²) in [5.74, 6) is -0.0665. The zero-order valence-corrected chi connectivity index (χ0v) is 12.3. The fourth-order valence-electron chi connectivity index (χ4n) is 3.41. The first-order valence-corrected chi connectivity index (χ1v) is 7.82. The molecule has 0 aromatic heterocycles. The van der Waals surface area contributed by atoms with Crippen LogP contribution in [0.2, 0.25) is 0 Å². The number of benzene rings is 2. The predicted molar refractivity (Wildman–Crippen MR) is 86.1 cm³/mol. The maximum Gasteiger partial charge on any atom is 0.209 e. The molecule has 3 heteroatoms. The van der Waals surface area contributed by atoms with Gasteiger partial charge in [0.15, 0.2) is 5.78 Å². The van der Waals surface area contributed by atoms with E-state index in [2.05, 4.69) is 4.90 Å². The van der Waals surface area contributed by atoms with E-state index < -0.39 is 0 Å². The molecule has 2 aromatic carbocycles. The molecule has 1 heterocycles. The van der Waals surface area contributed by atoms with Crippen molar-refractivity contribution >= 4 is 22.3 Å². The lowest BCUT2D eigenvalue weighted by Gasteiger charge is -2.31. The Kier molecular flexibility index (Phi) is 3.07. The zero-order chi connectivity index (χ0) is 15.1. The Morgan fingerprint density at radius 3 is 2.14 bits per heavy atom. The summed E-state index contributed by atoms with van der Waals surface area (Å²) in [5, 5.41) is 2.00. The fourth-order valence-corrected chi connectivity index (χ4v) is 3.41. The lowest BCUT2D eigenvalue weighted by molar-refractivity contribution is 0.0944. The van der Waals surface area contributed by atoms with Gasteiger partial charge in [-0.2, -0.15) is 0 Å². The number of rotatable bonds is 1. The highest BCUT2D eigenvalue weighted by Crippen LogP contribution is 2.29. The minimum absolute atomic E-state index is 0.0118. The van der Waals surface area contributed by atoms with Gasteiger partial charge in [0.05, 0.1) is 5.70 Å². The van der Waals surface area contributed by atoms with Crippen molar-refractivity contribution in [3.05, 3.63) is 59.3 Å². The first-order chi connectivity index (χ1) is 10.7. The Labute approximate surface area is 129 Å². The quantitative estimate of drug-likeness (QED) is 0.806. The van der Waals surface area contributed by atoms with Gasteiger partial charge in [0, 0.05) is 30.3 Å². The Balaban J connectivity index is 1.82. The number of nitrogens with zero attached hydrogens (tertiary/aromatic N) is 1. The molecule has 110 valence electrons. The van der Waals surface area contributed by atoms with Crippen LogP contribution >= 0.6 is 0 Å². The van der Waals surface area contributed by atoms with Crippen LogP contribution in [0, 0.1) is 0 Å². The maximum atomic E-state index is 12.8. The van der Waals surface area contributed by atoms with Gasteiger partial charge in [-0.3, -0.25) is 9.59 Å². The molecule has 0 saturated carbocycles. The van der Waals surface area contributed by atoms with Crippen LogP contribution in [0.15, 0.2) is 48.2 Å². The normalized spacial score (nSPS) is 18.4. The number of fused-ring (bicyclic) bond motifs is 2. The Morgan fingerprint density at radius 2 is 1.45 bits per heavy atom. The molecule has 0 amide bonds. The number of carbonyl (C=O) groups excluding carboxylic acids is 2. The van der Waals surface area contributed by atoms with E-state index in [-0.39, 0.29) is 11.6 Å². The number of hydrogen-bond donors (Lipinski definition) is 0. The lowest BCUT2D eigenvalue weighted by atomic mass is 9.89. The second kappa shape index (κ2) is 5.09. The molecule has 0 radical (unpaired) electrons. The summed E-state index contributed by atoms with van der Waals surface area (Å²) >= 11 is 0. The van der Waals surface area contributed by atoms with Crippen LogP contribution in [0.3, 0.4) is 0 Å². The summed E-state index contributed by atoms with van der Waals surface area (Å²) in [7, 11) is 0. The smallest absolute Gasteiger partial charge is 0.209 e. The van der Waals surface area contributed by atoms with Gasteiger partial charge in [-0.05, 0) is 42.2 Å². The highest BCUT2D eigenvalue weighted by Gasteiger charge is 2.29. The molecule has 0 bridgehead atoms. The molecule has 0 spiro atoms. The monoisotopic (exact) mass is 291 g/mol. The number of piperidine rings is 1. The van der Waals surface area contributed by atoms with Gasteiger partial charge in [-0.1, -0.05) is 24.3 Å². The van der Waals surface area contributed by atoms with Crippen molar-refractivity contribution in [2.24, 2.45) is 0 Å². The molecule has 1 fully saturated rings. The first-order valence-electron chi connectivity index (χ1n) is 7.82. The molecule has 2 aliphatic rings. The van der Waals surface area contributed by atoms with Crippen molar-refractivity contribution in [1.82, 2.24) is 4.90 Å². The average molecular weight is 291 g/mol. The SMILES string of the molecule is O=C1C=C(N2CCCCC2)C(=O)c2cc3ccccc3cc21. The molecule has 0 N–H and O–H groups in total. The van der Waals surface area contributed by atoms with Crippen molar-refractivity contribution in [1.29, 1.82) is 0 Å². The molecule has 1 aliphatic carbocycles. The van der Waals surface area contributed by atoms with Gasteiger partial charge in [0.2, 0.25) is 5.78 Å². The number of likely N-dealkylation sites (tertiary alicyclic amines) is 1. The molecular weight excluding hydrogens is 274 g/mol. The zero-order valence-electron chi connectivity index (χ0n) is 12.3. The van der Waals surface area contributed by atoms with E-state index in [0.717, 1.165) is 36.7 Å². The van der Waals surface area contributed by atoms with Gasteiger partial charge in [0.25, 0.3) is 0 Å². The topological polar surface area (TPSA) is 37.4 Å². The Morgan fingerprint density at radius 1 is 0.818 bits per heavy atom. The van der Waals surface area contributed by atoms with E-state index in [4.69, 9.17) is 0 Å². The van der Waals surface area contributed by atoms with Gasteiger partial charge >= 0.3 is 0 Å². The molecule has 22 heavy (non-hydrogen) atoms. The van der Waals surface area contributed by atoms with Gasteiger partial charge in [-0.15, -0.1) is 0 Å². The van der Waals surface area contributed by atoms with Crippen molar-refractivity contribution in [3.8, 4) is 0 Å². The van der Waals surface area contributed by atoms with Gasteiger partial charge in [-0.25, -0.2) is 0 Å². The second-order valence-corrected chi connectivity index (χ2v) is 6.02. The molecule has 0 atom stereocenters. The number of carbonyl (C=O) groups is 2. The van der Waals surface area contributed by atoms with Crippen molar-refractivity contribution < 1.29 is 9.59 Å². The third kappa shape index (κ3) is 2.05.